The number of aryl methyl sites for hydroxylation is 1. The molecule has 8 heteroatoms. The number of hydrogen-bond donors (Lipinski definition) is 4. The molecule has 2 saturated heterocycles. The highest BCUT2D eigenvalue weighted by Gasteiger charge is 2.62. The third-order valence-electron chi connectivity index (χ3n) is 4.06. The van der Waals surface area contributed by atoms with Gasteiger partial charge in [0.15, 0.2) is 5.79 Å². The molecule has 2 aliphatic rings. The van der Waals surface area contributed by atoms with Crippen LogP contribution in [0, 0.1) is 6.92 Å². The lowest BCUT2D eigenvalue weighted by molar-refractivity contribution is -0.205. The molecule has 2 fully saturated rings. The van der Waals surface area contributed by atoms with Gasteiger partial charge in [-0.15, -0.1) is 5.46 Å². The SMILES string of the molecule is Cc1ccc([B-]2(O)O[13C@H]3[13C@H](O)[13C@@H]([13CH2]O)O[13C@@]3([13CH2]O)O2)cc1. The summed E-state index contributed by atoms with van der Waals surface area (Å²) in [5, 5.41) is 39.4. The summed E-state index contributed by atoms with van der Waals surface area (Å²) in [6.45, 7) is -2.02. The van der Waals surface area contributed by atoms with Gasteiger partial charge in [-0.05, 0) is 6.92 Å². The van der Waals surface area contributed by atoms with E-state index in [-0.39, 0.29) is 0 Å². The van der Waals surface area contributed by atoms with E-state index in [0.717, 1.165) is 5.56 Å². The molecule has 0 saturated carbocycles. The van der Waals surface area contributed by atoms with Crippen LogP contribution in [-0.4, -0.2) is 64.4 Å². The molecule has 2 heterocycles. The molecule has 0 spiro atoms. The predicted octanol–water partition coefficient (Wildman–Crippen LogP) is -2.01. The van der Waals surface area contributed by atoms with Crippen molar-refractivity contribution in [3.63, 3.8) is 0 Å². The molecule has 21 heavy (non-hydrogen) atoms. The van der Waals surface area contributed by atoms with Crippen LogP contribution in [0.25, 0.3) is 0 Å². The zero-order valence-electron chi connectivity index (χ0n) is 11.5. The number of aliphatic hydroxyl groups is 3. The normalized spacial score (nSPS) is 42.2. The minimum Gasteiger partial charge on any atom is -0.555 e. The smallest absolute Gasteiger partial charge is 0.409 e. The van der Waals surface area contributed by atoms with Gasteiger partial charge < -0.3 is 34.4 Å². The standard InChI is InChI=1S/C13H18BO7/c1-8-2-4-9(5-3-8)14(18)20-12-11(17)10(6-15)19-13(12,7-16)21-14/h2-5,10-12,15-18H,6-7H2,1H3/q-1/t10-,11-,12+,13+,14?/m1/s1/i6+1,7+1,10+1,11+1,12+1,13+1. The van der Waals surface area contributed by atoms with Crippen molar-refractivity contribution >= 4 is 12.2 Å². The summed E-state index contributed by atoms with van der Waals surface area (Å²) in [6.07, 6.45) is -3.21. The first-order chi connectivity index (χ1) is 9.94. The third kappa shape index (κ3) is 2.20. The summed E-state index contributed by atoms with van der Waals surface area (Å²) in [7, 11) is 0. The van der Waals surface area contributed by atoms with Gasteiger partial charge in [0.05, 0.1) is 19.3 Å². The molecule has 0 aromatic heterocycles. The number of fused-ring (bicyclic) bond motifs is 1. The lowest BCUT2D eigenvalue weighted by Gasteiger charge is -2.34. The number of aliphatic hydroxyl groups excluding tert-OH is 3. The Morgan fingerprint density at radius 2 is 1.90 bits per heavy atom. The predicted molar refractivity (Wildman–Crippen MR) is 72.5 cm³/mol. The minimum absolute atomic E-state index is 0.388. The van der Waals surface area contributed by atoms with E-state index >= 15 is 0 Å². The Bertz CT molecular complexity index is 524. The summed E-state index contributed by atoms with van der Waals surface area (Å²) in [6, 6.07) is 6.87. The number of ether oxygens (including phenoxy) is 1. The average molecular weight is 303 g/mol. The van der Waals surface area contributed by atoms with Crippen molar-refractivity contribution in [1.29, 1.82) is 0 Å². The van der Waals surface area contributed by atoms with Crippen LogP contribution in [0.15, 0.2) is 24.3 Å². The van der Waals surface area contributed by atoms with Crippen LogP contribution in [0.5, 0.6) is 0 Å². The molecule has 3 rings (SSSR count). The second-order valence-electron chi connectivity index (χ2n) is 5.56. The van der Waals surface area contributed by atoms with E-state index in [9.17, 15) is 15.2 Å². The Morgan fingerprint density at radius 1 is 1.24 bits per heavy atom. The maximum atomic E-state index is 10.6. The molecule has 0 bridgehead atoms. The molecular formula is C13H18BO7-. The Labute approximate surface area is 121 Å². The van der Waals surface area contributed by atoms with Crippen LogP contribution in [0.3, 0.4) is 0 Å². The van der Waals surface area contributed by atoms with Crippen molar-refractivity contribution in [2.24, 2.45) is 0 Å². The molecule has 0 aliphatic carbocycles. The first-order valence-electron chi connectivity index (χ1n) is 6.83. The molecule has 1 aromatic carbocycles. The van der Waals surface area contributed by atoms with Gasteiger partial charge in [0.25, 0.3) is 0 Å². The van der Waals surface area contributed by atoms with E-state index in [4.69, 9.17) is 19.2 Å². The topological polar surface area (TPSA) is 109 Å². The van der Waals surface area contributed by atoms with Crippen molar-refractivity contribution in [3.05, 3.63) is 29.8 Å². The van der Waals surface area contributed by atoms with Gasteiger partial charge in [-0.2, -0.15) is 0 Å². The van der Waals surface area contributed by atoms with Gasteiger partial charge >= 0.3 is 6.75 Å². The van der Waals surface area contributed by atoms with Gasteiger partial charge in [-0.3, -0.25) is 0 Å². The van der Waals surface area contributed by atoms with E-state index in [1.807, 2.05) is 6.92 Å². The highest BCUT2D eigenvalue weighted by Crippen LogP contribution is 2.42. The van der Waals surface area contributed by atoms with Gasteiger partial charge in [0.2, 0.25) is 0 Å². The molecule has 7 nitrogen and oxygen atoms in total. The van der Waals surface area contributed by atoms with E-state index in [1.54, 1.807) is 24.3 Å². The van der Waals surface area contributed by atoms with Crippen molar-refractivity contribution in [2.45, 2.75) is 31.0 Å². The Balaban J connectivity index is 1.92. The fourth-order valence-electron chi connectivity index (χ4n) is 2.89. The first-order valence-corrected chi connectivity index (χ1v) is 6.83. The van der Waals surface area contributed by atoms with Crippen molar-refractivity contribution in [1.82, 2.24) is 0 Å². The monoisotopic (exact) mass is 303 g/mol. The number of hydrogen-bond acceptors (Lipinski definition) is 7. The Hall–Kier alpha value is -0.995. The highest BCUT2D eigenvalue weighted by atomic mass is 17.0. The van der Waals surface area contributed by atoms with E-state index in [2.05, 4.69) is 0 Å². The lowest BCUT2D eigenvalue weighted by atomic mass is 9.70. The molecule has 1 aromatic rings. The molecule has 0 radical (unpaired) electrons. The summed E-state index contributed by atoms with van der Waals surface area (Å²) < 4.78 is 16.4. The molecule has 116 valence electrons. The van der Waals surface area contributed by atoms with Crippen LogP contribution >= 0.6 is 0 Å². The van der Waals surface area contributed by atoms with Crippen LogP contribution < -0.4 is 5.46 Å². The molecule has 4 N–H and O–H groups in total. The van der Waals surface area contributed by atoms with Crippen LogP contribution in [0.2, 0.25) is 0 Å². The van der Waals surface area contributed by atoms with E-state index < -0.39 is 44.1 Å². The van der Waals surface area contributed by atoms with Crippen LogP contribution in [0.4, 0.5) is 0 Å². The zero-order chi connectivity index (χ0) is 15.3. The quantitative estimate of drug-likeness (QED) is 0.377. The van der Waals surface area contributed by atoms with Crippen molar-refractivity contribution < 1.29 is 34.4 Å². The molecule has 0 amide bonds. The number of benzene rings is 1. The summed E-state index contributed by atoms with van der Waals surface area (Å²) in [5.41, 5.74) is 1.39. The largest absolute Gasteiger partial charge is 0.555 e. The zero-order valence-corrected chi connectivity index (χ0v) is 11.5. The fraction of sp³-hybridized carbons (Fsp3) is 0.538. The summed E-state index contributed by atoms with van der Waals surface area (Å²) in [4.78, 5) is 0. The Kier molecular flexibility index (Phi) is 3.57. The van der Waals surface area contributed by atoms with E-state index in [0.29, 0.717) is 5.46 Å². The Morgan fingerprint density at radius 3 is 2.43 bits per heavy atom. The summed E-state index contributed by atoms with van der Waals surface area (Å²) in [5.74, 6) is -1.67. The average Bonchev–Trinajstić information content (AvgIpc) is 2.91. The lowest BCUT2D eigenvalue weighted by Crippen LogP contribution is -2.54. The number of rotatable bonds is 3. The van der Waals surface area contributed by atoms with Gasteiger partial charge in [-0.1, -0.05) is 29.8 Å². The third-order valence-corrected chi connectivity index (χ3v) is 4.06. The second kappa shape index (κ2) is 5.03. The molecular weight excluding hydrogens is 285 g/mol. The van der Waals surface area contributed by atoms with Gasteiger partial charge in [0.1, 0.15) is 12.2 Å². The summed E-state index contributed by atoms with van der Waals surface area (Å²) >= 11 is 0. The fourth-order valence-corrected chi connectivity index (χ4v) is 2.89. The maximum Gasteiger partial charge on any atom is 0.409 e. The highest BCUT2D eigenvalue weighted by molar-refractivity contribution is 6.74. The minimum atomic E-state index is -2.87. The van der Waals surface area contributed by atoms with Crippen molar-refractivity contribution in [2.75, 3.05) is 13.2 Å². The van der Waals surface area contributed by atoms with Crippen molar-refractivity contribution in [3.8, 4) is 0 Å². The van der Waals surface area contributed by atoms with Crippen LogP contribution in [-0.2, 0) is 14.0 Å². The van der Waals surface area contributed by atoms with Gasteiger partial charge in [0, 0.05) is 0 Å². The second-order valence-corrected chi connectivity index (χ2v) is 5.56. The van der Waals surface area contributed by atoms with E-state index in [1.165, 1.54) is 0 Å². The molecule has 2 aliphatic heterocycles. The van der Waals surface area contributed by atoms with Gasteiger partial charge in [-0.25, -0.2) is 0 Å². The first kappa shape index (κ1) is 14.9. The van der Waals surface area contributed by atoms with Crippen LogP contribution in [0.1, 0.15) is 5.56 Å². The maximum absolute atomic E-state index is 10.6. The molecule has 5 atom stereocenters. The molecule has 1 unspecified atom stereocenters.